The third-order valence-corrected chi connectivity index (χ3v) is 5.85. The van der Waals surface area contributed by atoms with Crippen LogP contribution in [0.5, 0.6) is 0 Å². The van der Waals surface area contributed by atoms with Gasteiger partial charge in [0.2, 0.25) is 0 Å². The highest BCUT2D eigenvalue weighted by Gasteiger charge is 2.28. The molecule has 0 bridgehead atoms. The quantitative estimate of drug-likeness (QED) is 0.846. The van der Waals surface area contributed by atoms with Gasteiger partial charge in [-0.15, -0.1) is 0 Å². The summed E-state index contributed by atoms with van der Waals surface area (Å²) in [5.74, 6) is 0.562. The fourth-order valence-electron chi connectivity index (χ4n) is 4.29. The Kier molecular flexibility index (Phi) is 4.85. The normalized spacial score (nSPS) is 21.7. The van der Waals surface area contributed by atoms with E-state index in [2.05, 4.69) is 40.9 Å². The van der Waals surface area contributed by atoms with Gasteiger partial charge in [-0.25, -0.2) is 0 Å². The second-order valence-electron chi connectivity index (χ2n) is 7.60. The van der Waals surface area contributed by atoms with E-state index in [0.29, 0.717) is 5.92 Å². The molecule has 4 rings (SSSR count). The lowest BCUT2D eigenvalue weighted by Gasteiger charge is -2.32. The molecule has 0 aromatic carbocycles. The number of rotatable bonds is 4. The number of fused-ring (bicyclic) bond motifs is 1. The monoisotopic (exact) mass is 355 g/mol. The highest BCUT2D eigenvalue weighted by Crippen LogP contribution is 2.28. The Balaban J connectivity index is 1.50. The van der Waals surface area contributed by atoms with Crippen molar-refractivity contribution in [3.05, 3.63) is 41.5 Å². The Hall–Kier alpha value is -2.08. The van der Waals surface area contributed by atoms with Crippen LogP contribution in [0.25, 0.3) is 0 Å². The van der Waals surface area contributed by atoms with E-state index in [1.165, 1.54) is 12.1 Å². The number of piperidine rings is 1. The molecule has 1 fully saturated rings. The third-order valence-electron chi connectivity index (χ3n) is 5.85. The van der Waals surface area contributed by atoms with Crippen molar-refractivity contribution in [1.82, 2.24) is 24.1 Å². The van der Waals surface area contributed by atoms with Crippen molar-refractivity contribution in [3.8, 4) is 0 Å². The number of aromatic nitrogens is 3. The maximum absolute atomic E-state index is 12.7. The largest absolute Gasteiger partial charge is 0.353 e. The van der Waals surface area contributed by atoms with E-state index in [1.54, 1.807) is 0 Å². The topological polar surface area (TPSA) is 46.3 Å². The fraction of sp³-hybridized carbons (Fsp3) is 0.600. The van der Waals surface area contributed by atoms with Crippen LogP contribution in [0, 0.1) is 0 Å². The average molecular weight is 355 g/mol. The highest BCUT2D eigenvalue weighted by molar-refractivity contribution is 5.93. The zero-order chi connectivity index (χ0) is 18.1. The Morgan fingerprint density at radius 2 is 2.12 bits per heavy atom. The van der Waals surface area contributed by atoms with Gasteiger partial charge in [0.15, 0.2) is 0 Å². The lowest BCUT2D eigenvalue weighted by molar-refractivity contribution is 0.0766. The summed E-state index contributed by atoms with van der Waals surface area (Å²) in [4.78, 5) is 17.2. The highest BCUT2D eigenvalue weighted by atomic mass is 16.2. The van der Waals surface area contributed by atoms with Crippen molar-refractivity contribution in [2.24, 2.45) is 7.05 Å². The van der Waals surface area contributed by atoms with Crippen molar-refractivity contribution in [2.45, 2.75) is 45.2 Å². The molecule has 140 valence electrons. The summed E-state index contributed by atoms with van der Waals surface area (Å²) < 4.78 is 4.14. The number of likely N-dealkylation sites (tertiary alicyclic amines) is 1. The SMILES string of the molecule is CCN1CCCn2nc(C3CCCN(Cc4cccn4C)C3)cc2C1=O. The van der Waals surface area contributed by atoms with Crippen molar-refractivity contribution in [1.29, 1.82) is 0 Å². The predicted octanol–water partition coefficient (Wildman–Crippen LogP) is 2.47. The molecule has 6 heteroatoms. The lowest BCUT2D eigenvalue weighted by Crippen LogP contribution is -2.34. The molecule has 6 nitrogen and oxygen atoms in total. The van der Waals surface area contributed by atoms with E-state index in [0.717, 1.165) is 63.5 Å². The molecule has 1 atom stereocenters. The van der Waals surface area contributed by atoms with Crippen molar-refractivity contribution in [3.63, 3.8) is 0 Å². The molecule has 0 radical (unpaired) electrons. The second kappa shape index (κ2) is 7.27. The van der Waals surface area contributed by atoms with E-state index < -0.39 is 0 Å². The molecule has 2 aromatic rings. The number of nitrogens with zero attached hydrogens (tertiary/aromatic N) is 5. The number of carbonyl (C=O) groups is 1. The van der Waals surface area contributed by atoms with Crippen LogP contribution in [-0.4, -0.2) is 56.2 Å². The van der Waals surface area contributed by atoms with Crippen LogP contribution < -0.4 is 0 Å². The zero-order valence-electron chi connectivity index (χ0n) is 15.9. The smallest absolute Gasteiger partial charge is 0.272 e. The fourth-order valence-corrected chi connectivity index (χ4v) is 4.29. The van der Waals surface area contributed by atoms with E-state index in [1.807, 2.05) is 16.5 Å². The van der Waals surface area contributed by atoms with Crippen molar-refractivity contribution >= 4 is 5.91 Å². The van der Waals surface area contributed by atoms with Gasteiger partial charge in [0.25, 0.3) is 5.91 Å². The predicted molar refractivity (Wildman–Crippen MR) is 101 cm³/mol. The van der Waals surface area contributed by atoms with Gasteiger partial charge >= 0.3 is 0 Å². The summed E-state index contributed by atoms with van der Waals surface area (Å²) in [6.07, 6.45) is 5.43. The number of carbonyl (C=O) groups excluding carboxylic acids is 1. The molecule has 0 saturated carbocycles. The molecule has 26 heavy (non-hydrogen) atoms. The van der Waals surface area contributed by atoms with E-state index in [-0.39, 0.29) is 5.91 Å². The molecule has 2 aliphatic heterocycles. The van der Waals surface area contributed by atoms with Gasteiger partial charge in [-0.2, -0.15) is 5.10 Å². The molecule has 4 heterocycles. The van der Waals surface area contributed by atoms with Crippen LogP contribution in [0.2, 0.25) is 0 Å². The van der Waals surface area contributed by atoms with E-state index in [9.17, 15) is 4.79 Å². The minimum atomic E-state index is 0.139. The van der Waals surface area contributed by atoms with Crippen molar-refractivity contribution in [2.75, 3.05) is 26.2 Å². The molecule has 1 saturated heterocycles. The van der Waals surface area contributed by atoms with Gasteiger partial charge in [-0.3, -0.25) is 14.4 Å². The summed E-state index contributed by atoms with van der Waals surface area (Å²) in [5, 5.41) is 4.84. The molecule has 0 N–H and O–H groups in total. The van der Waals surface area contributed by atoms with Gasteiger partial charge in [0.05, 0.1) is 5.69 Å². The maximum Gasteiger partial charge on any atom is 0.272 e. The van der Waals surface area contributed by atoms with Crippen LogP contribution in [0.3, 0.4) is 0 Å². The molecule has 2 aromatic heterocycles. The molecule has 0 aliphatic carbocycles. The summed E-state index contributed by atoms with van der Waals surface area (Å²) in [7, 11) is 2.11. The number of aryl methyl sites for hydroxylation is 2. The number of hydrogen-bond donors (Lipinski definition) is 0. The molecular weight excluding hydrogens is 326 g/mol. The van der Waals surface area contributed by atoms with Crippen LogP contribution in [0.4, 0.5) is 0 Å². The molecule has 1 amide bonds. The minimum Gasteiger partial charge on any atom is -0.353 e. The number of amides is 1. The third kappa shape index (κ3) is 3.30. The van der Waals surface area contributed by atoms with Gasteiger partial charge in [0.1, 0.15) is 5.69 Å². The first-order valence-corrected chi connectivity index (χ1v) is 9.85. The second-order valence-corrected chi connectivity index (χ2v) is 7.60. The summed E-state index contributed by atoms with van der Waals surface area (Å²) in [6.45, 7) is 7.64. The lowest BCUT2D eigenvalue weighted by atomic mass is 9.94. The van der Waals surface area contributed by atoms with E-state index in [4.69, 9.17) is 5.10 Å². The Bertz CT molecular complexity index is 777. The molecule has 0 spiro atoms. The van der Waals surface area contributed by atoms with Crippen LogP contribution in [-0.2, 0) is 20.1 Å². The Morgan fingerprint density at radius 3 is 2.88 bits per heavy atom. The van der Waals surface area contributed by atoms with Crippen molar-refractivity contribution < 1.29 is 4.79 Å². The first-order valence-electron chi connectivity index (χ1n) is 9.85. The van der Waals surface area contributed by atoms with Gasteiger partial charge in [-0.1, -0.05) is 0 Å². The van der Waals surface area contributed by atoms with E-state index >= 15 is 0 Å². The maximum atomic E-state index is 12.7. The number of hydrogen-bond acceptors (Lipinski definition) is 3. The molecule has 1 unspecified atom stereocenters. The van der Waals surface area contributed by atoms with Gasteiger partial charge < -0.3 is 9.47 Å². The molecular formula is C20H29N5O. The first kappa shape index (κ1) is 17.3. The minimum absolute atomic E-state index is 0.139. The Labute approximate surface area is 155 Å². The van der Waals surface area contributed by atoms with Crippen LogP contribution in [0.1, 0.15) is 54.0 Å². The average Bonchev–Trinajstić information content (AvgIpc) is 3.22. The van der Waals surface area contributed by atoms with Crippen LogP contribution >= 0.6 is 0 Å². The standard InChI is InChI=1S/C20H29N5O/c1-3-24-11-6-12-25-19(20(24)26)13-18(21-25)16-7-4-10-23(14-16)15-17-8-5-9-22(17)2/h5,8-9,13,16H,3-4,6-7,10-12,14-15H2,1-2H3. The van der Waals surface area contributed by atoms with Crippen LogP contribution in [0.15, 0.2) is 24.4 Å². The summed E-state index contributed by atoms with van der Waals surface area (Å²) in [6, 6.07) is 6.36. The van der Waals surface area contributed by atoms with Gasteiger partial charge in [0, 0.05) is 57.6 Å². The summed E-state index contributed by atoms with van der Waals surface area (Å²) >= 11 is 0. The molecule has 2 aliphatic rings. The van der Waals surface area contributed by atoms with Gasteiger partial charge in [-0.05, 0) is 50.9 Å². The Morgan fingerprint density at radius 1 is 1.23 bits per heavy atom. The first-order chi connectivity index (χ1) is 12.7. The zero-order valence-corrected chi connectivity index (χ0v) is 15.9. The summed E-state index contributed by atoms with van der Waals surface area (Å²) in [5.41, 5.74) is 3.22.